The number of aliphatic hydroxyl groups excluding tert-OH is 1. The summed E-state index contributed by atoms with van der Waals surface area (Å²) in [5.74, 6) is 0. The SMILES string of the molecule is CC(C)(CO)CN1CCN(C2CC2)CC1. The van der Waals surface area contributed by atoms with Gasteiger partial charge in [-0.1, -0.05) is 13.8 Å². The van der Waals surface area contributed by atoms with Gasteiger partial charge in [-0.25, -0.2) is 0 Å². The van der Waals surface area contributed by atoms with Crippen LogP contribution in [0.25, 0.3) is 0 Å². The summed E-state index contributed by atoms with van der Waals surface area (Å²) in [4.78, 5) is 5.12. The molecule has 15 heavy (non-hydrogen) atoms. The minimum Gasteiger partial charge on any atom is -0.396 e. The van der Waals surface area contributed by atoms with E-state index < -0.39 is 0 Å². The Kier molecular flexibility index (Phi) is 3.33. The van der Waals surface area contributed by atoms with Crippen molar-refractivity contribution in [2.24, 2.45) is 5.41 Å². The summed E-state index contributed by atoms with van der Waals surface area (Å²) < 4.78 is 0. The van der Waals surface area contributed by atoms with E-state index in [1.165, 1.54) is 39.0 Å². The molecule has 1 aliphatic carbocycles. The second-order valence-corrected chi connectivity index (χ2v) is 5.87. The Morgan fingerprint density at radius 2 is 1.73 bits per heavy atom. The summed E-state index contributed by atoms with van der Waals surface area (Å²) in [6.45, 7) is 10.4. The highest BCUT2D eigenvalue weighted by molar-refractivity contribution is 4.88. The van der Waals surface area contributed by atoms with Gasteiger partial charge in [-0.05, 0) is 12.8 Å². The molecule has 2 rings (SSSR count). The van der Waals surface area contributed by atoms with Crippen LogP contribution in [0.1, 0.15) is 26.7 Å². The number of rotatable bonds is 4. The first-order chi connectivity index (χ1) is 7.11. The summed E-state index contributed by atoms with van der Waals surface area (Å²) in [7, 11) is 0. The first-order valence-corrected chi connectivity index (χ1v) is 6.18. The molecule has 0 unspecified atom stereocenters. The van der Waals surface area contributed by atoms with Gasteiger partial charge < -0.3 is 10.0 Å². The fourth-order valence-corrected chi connectivity index (χ4v) is 2.38. The summed E-state index contributed by atoms with van der Waals surface area (Å²) in [5, 5.41) is 9.24. The largest absolute Gasteiger partial charge is 0.396 e. The molecule has 1 saturated heterocycles. The van der Waals surface area contributed by atoms with Crippen molar-refractivity contribution in [1.29, 1.82) is 0 Å². The third kappa shape index (κ3) is 3.16. The van der Waals surface area contributed by atoms with Gasteiger partial charge in [-0.15, -0.1) is 0 Å². The lowest BCUT2D eigenvalue weighted by Gasteiger charge is -2.38. The molecule has 1 saturated carbocycles. The van der Waals surface area contributed by atoms with Crippen molar-refractivity contribution in [1.82, 2.24) is 9.80 Å². The molecule has 88 valence electrons. The van der Waals surface area contributed by atoms with E-state index in [0.717, 1.165) is 12.6 Å². The fraction of sp³-hybridized carbons (Fsp3) is 1.00. The van der Waals surface area contributed by atoms with E-state index in [1.54, 1.807) is 0 Å². The second-order valence-electron chi connectivity index (χ2n) is 5.87. The highest BCUT2D eigenvalue weighted by Gasteiger charge is 2.32. The molecule has 1 N–H and O–H groups in total. The Morgan fingerprint density at radius 3 is 2.20 bits per heavy atom. The van der Waals surface area contributed by atoms with Gasteiger partial charge in [-0.2, -0.15) is 0 Å². The van der Waals surface area contributed by atoms with Gasteiger partial charge >= 0.3 is 0 Å². The molecule has 0 atom stereocenters. The predicted molar refractivity (Wildman–Crippen MR) is 61.9 cm³/mol. The summed E-state index contributed by atoms with van der Waals surface area (Å²) in [6, 6.07) is 0.915. The average Bonchev–Trinajstić information content (AvgIpc) is 3.02. The second kappa shape index (κ2) is 4.40. The topological polar surface area (TPSA) is 26.7 Å². The molecule has 0 radical (unpaired) electrons. The van der Waals surface area contributed by atoms with Crippen LogP contribution in [-0.2, 0) is 0 Å². The van der Waals surface area contributed by atoms with Crippen molar-refractivity contribution < 1.29 is 5.11 Å². The predicted octanol–water partition coefficient (Wildman–Crippen LogP) is 0.785. The number of hydrogen-bond donors (Lipinski definition) is 1. The van der Waals surface area contributed by atoms with Crippen molar-refractivity contribution in [3.05, 3.63) is 0 Å². The van der Waals surface area contributed by atoms with Gasteiger partial charge in [0.1, 0.15) is 0 Å². The number of nitrogens with zero attached hydrogens (tertiary/aromatic N) is 2. The first-order valence-electron chi connectivity index (χ1n) is 6.18. The third-order valence-electron chi connectivity index (χ3n) is 3.55. The average molecular weight is 212 g/mol. The molecular weight excluding hydrogens is 188 g/mol. The van der Waals surface area contributed by atoms with Crippen LogP contribution in [0.2, 0.25) is 0 Å². The molecule has 0 bridgehead atoms. The molecule has 0 aromatic heterocycles. The third-order valence-corrected chi connectivity index (χ3v) is 3.55. The molecule has 0 aromatic carbocycles. The Balaban J connectivity index is 1.73. The van der Waals surface area contributed by atoms with Gasteiger partial charge in [0.15, 0.2) is 0 Å². The molecule has 2 fully saturated rings. The number of hydrogen-bond acceptors (Lipinski definition) is 3. The number of aliphatic hydroxyl groups is 1. The highest BCUT2D eigenvalue weighted by atomic mass is 16.3. The smallest absolute Gasteiger partial charge is 0.0494 e. The van der Waals surface area contributed by atoms with Crippen LogP contribution in [0.15, 0.2) is 0 Å². The van der Waals surface area contributed by atoms with E-state index >= 15 is 0 Å². The van der Waals surface area contributed by atoms with Crippen LogP contribution in [0, 0.1) is 5.41 Å². The molecule has 0 spiro atoms. The van der Waals surface area contributed by atoms with Gasteiger partial charge in [0, 0.05) is 50.8 Å². The Morgan fingerprint density at radius 1 is 1.13 bits per heavy atom. The van der Waals surface area contributed by atoms with Crippen molar-refractivity contribution in [3.63, 3.8) is 0 Å². The standard InChI is InChI=1S/C12H24N2O/c1-12(2,10-15)9-13-5-7-14(8-6-13)11-3-4-11/h11,15H,3-10H2,1-2H3. The molecule has 2 aliphatic rings. The minimum atomic E-state index is 0.0573. The maximum Gasteiger partial charge on any atom is 0.0494 e. The number of piperazine rings is 1. The van der Waals surface area contributed by atoms with Crippen LogP contribution in [-0.4, -0.2) is 60.3 Å². The van der Waals surface area contributed by atoms with Crippen LogP contribution in [0.5, 0.6) is 0 Å². The molecular formula is C12H24N2O. The van der Waals surface area contributed by atoms with E-state index in [4.69, 9.17) is 0 Å². The van der Waals surface area contributed by atoms with Crippen molar-refractivity contribution >= 4 is 0 Å². The molecule has 1 heterocycles. The van der Waals surface area contributed by atoms with E-state index in [9.17, 15) is 5.11 Å². The fourth-order valence-electron chi connectivity index (χ4n) is 2.38. The first kappa shape index (κ1) is 11.4. The lowest BCUT2D eigenvalue weighted by molar-refractivity contribution is 0.0638. The zero-order chi connectivity index (χ0) is 10.9. The molecule has 1 aliphatic heterocycles. The molecule has 3 nitrogen and oxygen atoms in total. The van der Waals surface area contributed by atoms with Crippen molar-refractivity contribution in [2.75, 3.05) is 39.3 Å². The summed E-state index contributed by atoms with van der Waals surface area (Å²) in [6.07, 6.45) is 2.84. The van der Waals surface area contributed by atoms with Crippen molar-refractivity contribution in [2.45, 2.75) is 32.7 Å². The lowest BCUT2D eigenvalue weighted by Crippen LogP contribution is -2.50. The Labute approximate surface area is 93.1 Å². The molecule has 3 heteroatoms. The van der Waals surface area contributed by atoms with E-state index in [0.29, 0.717) is 0 Å². The van der Waals surface area contributed by atoms with Crippen LogP contribution in [0.3, 0.4) is 0 Å². The van der Waals surface area contributed by atoms with Gasteiger partial charge in [0.2, 0.25) is 0 Å². The lowest BCUT2D eigenvalue weighted by atomic mass is 9.94. The van der Waals surface area contributed by atoms with Crippen LogP contribution >= 0.6 is 0 Å². The zero-order valence-corrected chi connectivity index (χ0v) is 10.1. The quantitative estimate of drug-likeness (QED) is 0.746. The van der Waals surface area contributed by atoms with E-state index in [-0.39, 0.29) is 12.0 Å². The maximum absolute atomic E-state index is 9.24. The van der Waals surface area contributed by atoms with Crippen LogP contribution in [0.4, 0.5) is 0 Å². The summed E-state index contributed by atoms with van der Waals surface area (Å²) >= 11 is 0. The highest BCUT2D eigenvalue weighted by Crippen LogP contribution is 2.28. The minimum absolute atomic E-state index is 0.0573. The van der Waals surface area contributed by atoms with E-state index in [2.05, 4.69) is 23.6 Å². The normalized spacial score (nSPS) is 25.8. The van der Waals surface area contributed by atoms with Gasteiger partial charge in [0.05, 0.1) is 0 Å². The monoisotopic (exact) mass is 212 g/mol. The van der Waals surface area contributed by atoms with Crippen LogP contribution < -0.4 is 0 Å². The molecule has 0 amide bonds. The van der Waals surface area contributed by atoms with Gasteiger partial charge in [0.25, 0.3) is 0 Å². The van der Waals surface area contributed by atoms with Gasteiger partial charge in [-0.3, -0.25) is 4.90 Å². The Bertz CT molecular complexity index is 206. The maximum atomic E-state index is 9.24. The Hall–Kier alpha value is -0.120. The molecule has 0 aromatic rings. The van der Waals surface area contributed by atoms with E-state index in [1.807, 2.05) is 0 Å². The zero-order valence-electron chi connectivity index (χ0n) is 10.1. The van der Waals surface area contributed by atoms with Crippen molar-refractivity contribution in [3.8, 4) is 0 Å². The summed E-state index contributed by atoms with van der Waals surface area (Å²) in [5.41, 5.74) is 0.0573.